The van der Waals surface area contributed by atoms with Crippen LogP contribution in [0.2, 0.25) is 0 Å². The van der Waals surface area contributed by atoms with E-state index in [-0.39, 0.29) is 0 Å². The zero-order chi connectivity index (χ0) is 16.7. The van der Waals surface area contributed by atoms with Gasteiger partial charge in [0.05, 0.1) is 0 Å². The van der Waals surface area contributed by atoms with Crippen molar-refractivity contribution < 1.29 is 0 Å². The molecule has 0 aliphatic heterocycles. The lowest BCUT2D eigenvalue weighted by Gasteiger charge is -2.39. The topological polar surface area (TPSA) is 0 Å². The molecule has 4 aliphatic rings. The average Bonchev–Trinajstić information content (AvgIpc) is 3.23. The van der Waals surface area contributed by atoms with Gasteiger partial charge in [-0.2, -0.15) is 0 Å². The molecule has 0 radical (unpaired) electrons. The molecule has 0 amide bonds. The van der Waals surface area contributed by atoms with Crippen LogP contribution in [0.1, 0.15) is 97.8 Å². The normalized spacial score (nSPS) is 50.4. The van der Waals surface area contributed by atoms with Crippen molar-refractivity contribution in [2.75, 3.05) is 0 Å². The Bertz CT molecular complexity index is 412. The highest BCUT2D eigenvalue weighted by Gasteiger charge is 2.54. The molecule has 0 aromatic rings. The summed E-state index contributed by atoms with van der Waals surface area (Å²) in [7, 11) is 0. The summed E-state index contributed by atoms with van der Waals surface area (Å²) in [6, 6.07) is 0. The Morgan fingerprint density at radius 2 is 1.25 bits per heavy atom. The SMILES string of the molecule is CCCC1CC2CC2C(CC)C2CC(C1)C1CC[C@@H](CCC)CC12. The molecular weight excluding hydrogens is 288 g/mol. The van der Waals surface area contributed by atoms with Crippen molar-refractivity contribution in [2.45, 2.75) is 97.8 Å². The second-order valence-corrected chi connectivity index (χ2v) is 10.3. The maximum absolute atomic E-state index is 2.52. The molecule has 0 spiro atoms. The summed E-state index contributed by atoms with van der Waals surface area (Å²) in [4.78, 5) is 0. The second-order valence-electron chi connectivity index (χ2n) is 10.3. The summed E-state index contributed by atoms with van der Waals surface area (Å²) >= 11 is 0. The van der Waals surface area contributed by atoms with Gasteiger partial charge in [0.1, 0.15) is 0 Å². The van der Waals surface area contributed by atoms with Crippen LogP contribution >= 0.6 is 0 Å². The number of hydrogen-bond acceptors (Lipinski definition) is 0. The zero-order valence-electron chi connectivity index (χ0n) is 16.7. The molecule has 0 aromatic carbocycles. The smallest absolute Gasteiger partial charge is 0.0349 e. The first-order chi connectivity index (χ1) is 11.7. The van der Waals surface area contributed by atoms with Gasteiger partial charge in [0.15, 0.2) is 0 Å². The van der Waals surface area contributed by atoms with Crippen LogP contribution in [-0.4, -0.2) is 0 Å². The molecule has 138 valence electrons. The third kappa shape index (κ3) is 3.21. The Hall–Kier alpha value is 0. The Morgan fingerprint density at radius 1 is 0.583 bits per heavy atom. The summed E-state index contributed by atoms with van der Waals surface area (Å²) in [5.41, 5.74) is 0. The highest BCUT2D eigenvalue weighted by atomic mass is 14.6. The predicted octanol–water partition coefficient (Wildman–Crippen LogP) is 7.33. The third-order valence-electron chi connectivity index (χ3n) is 9.01. The van der Waals surface area contributed by atoms with E-state index in [4.69, 9.17) is 0 Å². The molecule has 0 heteroatoms. The summed E-state index contributed by atoms with van der Waals surface area (Å²) in [6.45, 7) is 7.34. The van der Waals surface area contributed by atoms with E-state index < -0.39 is 0 Å². The fourth-order valence-electron chi connectivity index (χ4n) is 8.12. The van der Waals surface area contributed by atoms with Crippen LogP contribution in [0.15, 0.2) is 0 Å². The van der Waals surface area contributed by atoms with Crippen molar-refractivity contribution in [3.8, 4) is 0 Å². The van der Waals surface area contributed by atoms with Crippen molar-refractivity contribution in [1.82, 2.24) is 0 Å². The van der Waals surface area contributed by atoms with Crippen LogP contribution in [0.5, 0.6) is 0 Å². The molecule has 4 fully saturated rings. The van der Waals surface area contributed by atoms with Crippen LogP contribution in [0, 0.1) is 53.3 Å². The largest absolute Gasteiger partial charge is 0.0654 e. The molecule has 4 aliphatic carbocycles. The lowest BCUT2D eigenvalue weighted by molar-refractivity contribution is 0.104. The van der Waals surface area contributed by atoms with E-state index in [2.05, 4.69) is 20.8 Å². The monoisotopic (exact) mass is 330 g/mol. The minimum absolute atomic E-state index is 1.08. The Kier molecular flexibility index (Phi) is 5.31. The van der Waals surface area contributed by atoms with E-state index in [0.29, 0.717) is 0 Å². The highest BCUT2D eigenvalue weighted by Crippen LogP contribution is 2.63. The van der Waals surface area contributed by atoms with E-state index in [1.807, 2.05) is 0 Å². The molecule has 0 saturated heterocycles. The van der Waals surface area contributed by atoms with Gasteiger partial charge in [-0.3, -0.25) is 0 Å². The van der Waals surface area contributed by atoms with Gasteiger partial charge in [-0.05, 0) is 91.8 Å². The number of rotatable bonds is 5. The molecule has 0 nitrogen and oxygen atoms in total. The predicted molar refractivity (Wildman–Crippen MR) is 104 cm³/mol. The van der Waals surface area contributed by atoms with Gasteiger partial charge in [0.2, 0.25) is 0 Å². The molecule has 24 heavy (non-hydrogen) atoms. The van der Waals surface area contributed by atoms with Crippen molar-refractivity contribution >= 4 is 0 Å². The number of fused-ring (bicyclic) bond motifs is 6. The zero-order valence-corrected chi connectivity index (χ0v) is 16.7. The van der Waals surface area contributed by atoms with Crippen LogP contribution in [0.4, 0.5) is 0 Å². The highest BCUT2D eigenvalue weighted by molar-refractivity contribution is 5.04. The average molecular weight is 331 g/mol. The quantitative estimate of drug-likeness (QED) is 0.495. The lowest BCUT2D eigenvalue weighted by atomic mass is 9.66. The van der Waals surface area contributed by atoms with Gasteiger partial charge in [-0.25, -0.2) is 0 Å². The Morgan fingerprint density at radius 3 is 1.96 bits per heavy atom. The van der Waals surface area contributed by atoms with E-state index in [9.17, 15) is 0 Å². The van der Waals surface area contributed by atoms with Gasteiger partial charge in [0, 0.05) is 0 Å². The summed E-state index contributed by atoms with van der Waals surface area (Å²) in [5.74, 6) is 10.1. The van der Waals surface area contributed by atoms with Crippen molar-refractivity contribution in [3.63, 3.8) is 0 Å². The van der Waals surface area contributed by atoms with Crippen molar-refractivity contribution in [2.24, 2.45) is 53.3 Å². The van der Waals surface area contributed by atoms with Crippen LogP contribution in [-0.2, 0) is 0 Å². The third-order valence-corrected chi connectivity index (χ3v) is 9.01. The maximum Gasteiger partial charge on any atom is -0.0349 e. The number of hydrogen-bond donors (Lipinski definition) is 0. The van der Waals surface area contributed by atoms with Crippen LogP contribution in [0.25, 0.3) is 0 Å². The molecular formula is C24H42. The van der Waals surface area contributed by atoms with Crippen LogP contribution < -0.4 is 0 Å². The standard InChI is InChI=1S/C24H42/c1-4-7-16-9-10-21-18-11-17(8-5-2)12-19-14-22(19)20(6-3)24(15-18)23(21)13-16/h16-24H,4-15H2,1-3H3/t16-,17?,18?,19?,20?,21?,22?,23?,24?/m1/s1. The first-order valence-electron chi connectivity index (χ1n) is 11.7. The van der Waals surface area contributed by atoms with E-state index >= 15 is 0 Å². The summed E-state index contributed by atoms with van der Waals surface area (Å²) < 4.78 is 0. The Labute approximate surface area is 151 Å². The molecule has 4 rings (SSSR count). The van der Waals surface area contributed by atoms with Crippen molar-refractivity contribution in [3.05, 3.63) is 0 Å². The van der Waals surface area contributed by atoms with Gasteiger partial charge in [0.25, 0.3) is 0 Å². The maximum atomic E-state index is 2.52. The molecule has 0 aromatic heterocycles. The Balaban J connectivity index is 1.55. The van der Waals surface area contributed by atoms with Gasteiger partial charge in [-0.15, -0.1) is 0 Å². The van der Waals surface area contributed by atoms with E-state index in [0.717, 1.165) is 53.3 Å². The second kappa shape index (κ2) is 7.32. The first-order valence-corrected chi connectivity index (χ1v) is 11.7. The molecule has 9 atom stereocenters. The van der Waals surface area contributed by atoms with Gasteiger partial charge in [-0.1, -0.05) is 59.3 Å². The molecule has 0 heterocycles. The molecule has 4 saturated carbocycles. The van der Waals surface area contributed by atoms with Gasteiger partial charge >= 0.3 is 0 Å². The first kappa shape index (κ1) is 17.4. The van der Waals surface area contributed by atoms with Gasteiger partial charge < -0.3 is 0 Å². The summed E-state index contributed by atoms with van der Waals surface area (Å²) in [6.07, 6.45) is 18.6. The van der Waals surface area contributed by atoms with E-state index in [1.165, 1.54) is 32.1 Å². The minimum Gasteiger partial charge on any atom is -0.0654 e. The minimum atomic E-state index is 1.08. The lowest BCUT2D eigenvalue weighted by Crippen LogP contribution is -2.31. The van der Waals surface area contributed by atoms with Crippen LogP contribution in [0.3, 0.4) is 0 Å². The molecule has 0 N–H and O–H groups in total. The van der Waals surface area contributed by atoms with Crippen molar-refractivity contribution in [1.29, 1.82) is 0 Å². The summed E-state index contributed by atoms with van der Waals surface area (Å²) in [5, 5.41) is 0. The molecule has 2 bridgehead atoms. The molecule has 8 unspecified atom stereocenters. The van der Waals surface area contributed by atoms with E-state index in [1.54, 1.807) is 44.9 Å². The fourth-order valence-corrected chi connectivity index (χ4v) is 8.12. The fraction of sp³-hybridized carbons (Fsp3) is 1.00.